The minimum Gasteiger partial charge on any atom is -0.406 e. The monoisotopic (exact) mass is 398 g/mol. The van der Waals surface area contributed by atoms with E-state index in [4.69, 9.17) is 4.52 Å². The lowest BCUT2D eigenvalue weighted by Gasteiger charge is -2.35. The summed E-state index contributed by atoms with van der Waals surface area (Å²) in [4.78, 5) is 18.4. The first-order chi connectivity index (χ1) is 13.1. The van der Waals surface area contributed by atoms with Gasteiger partial charge in [0.25, 0.3) is 0 Å². The second-order valence-corrected chi connectivity index (χ2v) is 7.01. The second kappa shape index (κ2) is 7.69. The van der Waals surface area contributed by atoms with Crippen LogP contribution in [-0.2, 0) is 13.0 Å². The van der Waals surface area contributed by atoms with Crippen molar-refractivity contribution >= 4 is 6.03 Å². The van der Waals surface area contributed by atoms with Crippen molar-refractivity contribution in [3.05, 3.63) is 41.5 Å². The summed E-state index contributed by atoms with van der Waals surface area (Å²) in [5.74, 6) is 0.554. The van der Waals surface area contributed by atoms with E-state index in [2.05, 4.69) is 20.2 Å². The number of ether oxygens (including phenoxy) is 1. The minimum absolute atomic E-state index is 0.159. The van der Waals surface area contributed by atoms with Crippen LogP contribution in [0.2, 0.25) is 0 Å². The predicted octanol–water partition coefficient (Wildman–Crippen LogP) is 3.58. The van der Waals surface area contributed by atoms with Crippen molar-refractivity contribution in [1.82, 2.24) is 20.4 Å². The number of hydrogen-bond donors (Lipinski definition) is 1. The molecule has 7 nitrogen and oxygen atoms in total. The number of nitrogens with one attached hydrogen (secondary N) is 1. The molecule has 1 aromatic carbocycles. The third-order valence-electron chi connectivity index (χ3n) is 4.70. The van der Waals surface area contributed by atoms with Crippen LogP contribution in [0.25, 0.3) is 0 Å². The van der Waals surface area contributed by atoms with Crippen LogP contribution in [0, 0.1) is 6.92 Å². The van der Waals surface area contributed by atoms with E-state index in [0.29, 0.717) is 24.7 Å². The summed E-state index contributed by atoms with van der Waals surface area (Å²) in [5.41, 5.74) is 0.384. The highest BCUT2D eigenvalue weighted by atomic mass is 19.4. The average Bonchev–Trinajstić information content (AvgIpc) is 3.19. The van der Waals surface area contributed by atoms with Crippen LogP contribution in [-0.4, -0.2) is 39.5 Å². The second-order valence-electron chi connectivity index (χ2n) is 7.01. The van der Waals surface area contributed by atoms with Crippen molar-refractivity contribution in [1.29, 1.82) is 0 Å². The van der Waals surface area contributed by atoms with E-state index < -0.39 is 11.9 Å². The summed E-state index contributed by atoms with van der Waals surface area (Å²) in [5, 5.41) is 6.53. The first-order valence-corrected chi connectivity index (χ1v) is 8.84. The van der Waals surface area contributed by atoms with E-state index in [-0.39, 0.29) is 18.3 Å². The van der Waals surface area contributed by atoms with Crippen LogP contribution in [0.3, 0.4) is 0 Å². The number of carbonyl (C=O) groups is 1. The fourth-order valence-corrected chi connectivity index (χ4v) is 3.47. The standard InChI is InChI=1S/C18H21F3N4O3/c1-12-23-15(24-28-12)11-22-16(26)25-9-3-8-17(25,2)10-13-4-6-14(7-5-13)27-18(19,20)21/h4-7H,3,8-11H2,1-2H3,(H,22,26). The first-order valence-electron chi connectivity index (χ1n) is 8.84. The fraction of sp³-hybridized carbons (Fsp3) is 0.500. The molecule has 1 aliphatic heterocycles. The Bertz CT molecular complexity index is 822. The summed E-state index contributed by atoms with van der Waals surface area (Å²) in [7, 11) is 0. The zero-order valence-electron chi connectivity index (χ0n) is 15.5. The summed E-state index contributed by atoms with van der Waals surface area (Å²) in [6, 6.07) is 5.50. The molecule has 0 spiro atoms. The Balaban J connectivity index is 1.62. The maximum atomic E-state index is 12.6. The van der Waals surface area contributed by atoms with Gasteiger partial charge in [0.1, 0.15) is 5.75 Å². The maximum Gasteiger partial charge on any atom is 0.573 e. The molecule has 1 N–H and O–H groups in total. The lowest BCUT2D eigenvalue weighted by molar-refractivity contribution is -0.274. The molecule has 2 heterocycles. The number of likely N-dealkylation sites (tertiary alicyclic amines) is 1. The van der Waals surface area contributed by atoms with E-state index in [0.717, 1.165) is 18.4 Å². The number of amides is 2. The van der Waals surface area contributed by atoms with Crippen molar-refractivity contribution in [3.8, 4) is 5.75 Å². The number of alkyl halides is 3. The van der Waals surface area contributed by atoms with E-state index in [1.54, 1.807) is 24.0 Å². The summed E-state index contributed by atoms with van der Waals surface area (Å²) in [6.07, 6.45) is -2.55. The van der Waals surface area contributed by atoms with Gasteiger partial charge >= 0.3 is 12.4 Å². The van der Waals surface area contributed by atoms with Crippen LogP contribution in [0.5, 0.6) is 5.75 Å². The maximum absolute atomic E-state index is 12.6. The van der Waals surface area contributed by atoms with Crippen LogP contribution in [0.1, 0.15) is 37.0 Å². The fourth-order valence-electron chi connectivity index (χ4n) is 3.47. The Morgan fingerprint density at radius 1 is 1.36 bits per heavy atom. The quantitative estimate of drug-likeness (QED) is 0.833. The highest BCUT2D eigenvalue weighted by Crippen LogP contribution is 2.33. The number of nitrogens with zero attached hydrogens (tertiary/aromatic N) is 3. The molecule has 2 amide bonds. The molecule has 1 unspecified atom stereocenters. The van der Waals surface area contributed by atoms with Gasteiger partial charge in [0.15, 0.2) is 5.82 Å². The minimum atomic E-state index is -4.72. The number of aromatic nitrogens is 2. The number of halogens is 3. The molecular formula is C18H21F3N4O3. The Morgan fingerprint density at radius 3 is 2.68 bits per heavy atom. The molecule has 2 aromatic rings. The zero-order chi connectivity index (χ0) is 20.4. The molecule has 1 atom stereocenters. The number of hydrogen-bond acceptors (Lipinski definition) is 5. The van der Waals surface area contributed by atoms with Crippen molar-refractivity contribution in [3.63, 3.8) is 0 Å². The van der Waals surface area contributed by atoms with Crippen molar-refractivity contribution < 1.29 is 27.2 Å². The number of rotatable bonds is 5. The van der Waals surface area contributed by atoms with Crippen molar-refractivity contribution in [2.75, 3.05) is 6.54 Å². The Morgan fingerprint density at radius 2 is 2.07 bits per heavy atom. The zero-order valence-corrected chi connectivity index (χ0v) is 15.5. The lowest BCUT2D eigenvalue weighted by atomic mass is 9.90. The van der Waals surface area contributed by atoms with Gasteiger partial charge in [-0.15, -0.1) is 13.2 Å². The van der Waals surface area contributed by atoms with E-state index >= 15 is 0 Å². The molecule has 1 aliphatic rings. The van der Waals surface area contributed by atoms with Crippen LogP contribution >= 0.6 is 0 Å². The van der Waals surface area contributed by atoms with Gasteiger partial charge < -0.3 is 19.5 Å². The smallest absolute Gasteiger partial charge is 0.406 e. The molecule has 0 bridgehead atoms. The van der Waals surface area contributed by atoms with Crippen molar-refractivity contribution in [2.24, 2.45) is 0 Å². The third kappa shape index (κ3) is 4.93. The van der Waals surface area contributed by atoms with Gasteiger partial charge in [-0.2, -0.15) is 4.98 Å². The van der Waals surface area contributed by atoms with Gasteiger partial charge in [-0.25, -0.2) is 4.79 Å². The predicted molar refractivity (Wildman–Crippen MR) is 92.4 cm³/mol. The topological polar surface area (TPSA) is 80.5 Å². The van der Waals surface area contributed by atoms with Gasteiger partial charge in [0, 0.05) is 19.0 Å². The molecule has 10 heteroatoms. The molecule has 152 valence electrons. The number of aryl methyl sites for hydroxylation is 1. The number of urea groups is 1. The van der Waals surface area contributed by atoms with Gasteiger partial charge in [-0.1, -0.05) is 17.3 Å². The molecule has 0 aliphatic carbocycles. The summed E-state index contributed by atoms with van der Waals surface area (Å²) in [6.45, 7) is 4.40. The molecule has 3 rings (SSSR count). The first kappa shape index (κ1) is 20.0. The Labute approximate surface area is 159 Å². The highest BCUT2D eigenvalue weighted by Gasteiger charge is 2.39. The van der Waals surface area contributed by atoms with Gasteiger partial charge in [-0.05, 0) is 43.9 Å². The number of carbonyl (C=O) groups excluding carboxylic acids is 1. The summed E-state index contributed by atoms with van der Waals surface area (Å²) < 4.78 is 45.6. The highest BCUT2D eigenvalue weighted by molar-refractivity contribution is 5.75. The van der Waals surface area contributed by atoms with E-state index in [9.17, 15) is 18.0 Å². The molecule has 28 heavy (non-hydrogen) atoms. The van der Waals surface area contributed by atoms with E-state index in [1.165, 1.54) is 12.1 Å². The lowest BCUT2D eigenvalue weighted by Crippen LogP contribution is -2.50. The average molecular weight is 398 g/mol. The Hall–Kier alpha value is -2.78. The Kier molecular flexibility index (Phi) is 5.48. The van der Waals surface area contributed by atoms with Crippen LogP contribution in [0.15, 0.2) is 28.8 Å². The molecule has 0 radical (unpaired) electrons. The molecule has 1 aromatic heterocycles. The van der Waals surface area contributed by atoms with Gasteiger partial charge in [0.2, 0.25) is 5.89 Å². The van der Waals surface area contributed by atoms with Crippen molar-refractivity contribution in [2.45, 2.75) is 51.6 Å². The normalized spacial score (nSPS) is 19.7. The molecule has 1 saturated heterocycles. The molecule has 0 saturated carbocycles. The van der Waals surface area contributed by atoms with Crippen LogP contribution in [0.4, 0.5) is 18.0 Å². The largest absolute Gasteiger partial charge is 0.573 e. The van der Waals surface area contributed by atoms with Gasteiger partial charge in [0.05, 0.1) is 6.54 Å². The number of benzene rings is 1. The van der Waals surface area contributed by atoms with Gasteiger partial charge in [-0.3, -0.25) is 0 Å². The molecular weight excluding hydrogens is 377 g/mol. The van der Waals surface area contributed by atoms with Crippen LogP contribution < -0.4 is 10.1 Å². The molecule has 1 fully saturated rings. The summed E-state index contributed by atoms with van der Waals surface area (Å²) >= 11 is 0. The third-order valence-corrected chi connectivity index (χ3v) is 4.70. The SMILES string of the molecule is Cc1nc(CNC(=O)N2CCCC2(C)Cc2ccc(OC(F)(F)F)cc2)no1. The van der Waals surface area contributed by atoms with E-state index in [1.807, 2.05) is 6.92 Å².